The lowest BCUT2D eigenvalue weighted by molar-refractivity contribution is -0.118. The summed E-state index contributed by atoms with van der Waals surface area (Å²) in [5.41, 5.74) is 5.27. The zero-order valence-electron chi connectivity index (χ0n) is 14.8. The summed E-state index contributed by atoms with van der Waals surface area (Å²) in [6.07, 6.45) is 0. The average molecular weight is 387 g/mol. The van der Waals surface area contributed by atoms with Crippen LogP contribution in [-0.4, -0.2) is 17.5 Å². The van der Waals surface area contributed by atoms with E-state index in [2.05, 4.69) is 28.5 Å². The van der Waals surface area contributed by atoms with Gasteiger partial charge in [-0.2, -0.15) is 0 Å². The smallest absolute Gasteiger partial charge is 0.264 e. The SMILES string of the molecule is Cc1ccc(Cl)c(OCC(=O)Nc2nc(-c3cc(C)ccc3C)cs2)c1. The molecule has 0 atom stereocenters. The van der Waals surface area contributed by atoms with Gasteiger partial charge in [0.05, 0.1) is 10.7 Å². The first-order chi connectivity index (χ1) is 12.4. The minimum Gasteiger partial charge on any atom is -0.482 e. The van der Waals surface area contributed by atoms with E-state index in [0.29, 0.717) is 15.9 Å². The summed E-state index contributed by atoms with van der Waals surface area (Å²) >= 11 is 7.46. The fraction of sp³-hybridized carbons (Fsp3) is 0.200. The number of carbonyl (C=O) groups excluding carboxylic acids is 1. The summed E-state index contributed by atoms with van der Waals surface area (Å²) in [6, 6.07) is 11.7. The second-order valence-corrected chi connectivity index (χ2v) is 7.39. The first-order valence-corrected chi connectivity index (χ1v) is 9.40. The molecule has 0 aliphatic carbocycles. The van der Waals surface area contributed by atoms with Gasteiger partial charge >= 0.3 is 0 Å². The number of ether oxygens (including phenoxy) is 1. The third-order valence-electron chi connectivity index (χ3n) is 3.87. The Bertz CT molecular complexity index is 953. The molecule has 1 aromatic heterocycles. The lowest BCUT2D eigenvalue weighted by atomic mass is 10.0. The van der Waals surface area contributed by atoms with Crippen LogP contribution in [0.4, 0.5) is 5.13 Å². The molecule has 0 radical (unpaired) electrons. The Morgan fingerprint density at radius 2 is 1.88 bits per heavy atom. The highest BCUT2D eigenvalue weighted by atomic mass is 35.5. The number of carbonyl (C=O) groups is 1. The fourth-order valence-electron chi connectivity index (χ4n) is 2.49. The quantitative estimate of drug-likeness (QED) is 0.638. The van der Waals surface area contributed by atoms with Crippen LogP contribution in [0.3, 0.4) is 0 Å². The van der Waals surface area contributed by atoms with Crippen LogP contribution in [0.15, 0.2) is 41.8 Å². The molecule has 0 spiro atoms. The van der Waals surface area contributed by atoms with Crippen molar-refractivity contribution in [2.24, 2.45) is 0 Å². The molecule has 0 saturated heterocycles. The van der Waals surface area contributed by atoms with Gasteiger partial charge in [-0.1, -0.05) is 35.4 Å². The number of hydrogen-bond donors (Lipinski definition) is 1. The van der Waals surface area contributed by atoms with Crippen molar-refractivity contribution in [3.05, 3.63) is 63.5 Å². The molecule has 2 aromatic carbocycles. The maximum Gasteiger partial charge on any atom is 0.264 e. The maximum absolute atomic E-state index is 12.1. The van der Waals surface area contributed by atoms with Crippen LogP contribution in [0.1, 0.15) is 16.7 Å². The second-order valence-electron chi connectivity index (χ2n) is 6.13. The highest BCUT2D eigenvalue weighted by Crippen LogP contribution is 2.28. The van der Waals surface area contributed by atoms with Crippen molar-refractivity contribution in [2.75, 3.05) is 11.9 Å². The average Bonchev–Trinajstić information content (AvgIpc) is 3.06. The van der Waals surface area contributed by atoms with Gasteiger partial charge in [0.1, 0.15) is 5.75 Å². The summed E-state index contributed by atoms with van der Waals surface area (Å²) in [5.74, 6) is 0.224. The number of thiazole rings is 1. The van der Waals surface area contributed by atoms with E-state index in [0.717, 1.165) is 22.4 Å². The Labute approximate surface area is 161 Å². The van der Waals surface area contributed by atoms with Crippen LogP contribution < -0.4 is 10.1 Å². The van der Waals surface area contributed by atoms with Gasteiger partial charge in [-0.15, -0.1) is 11.3 Å². The van der Waals surface area contributed by atoms with Crippen LogP contribution in [0.2, 0.25) is 5.02 Å². The lowest BCUT2D eigenvalue weighted by Crippen LogP contribution is -2.20. The largest absolute Gasteiger partial charge is 0.482 e. The summed E-state index contributed by atoms with van der Waals surface area (Å²) in [6.45, 7) is 5.91. The van der Waals surface area contributed by atoms with E-state index in [1.54, 1.807) is 12.1 Å². The molecule has 1 N–H and O–H groups in total. The van der Waals surface area contributed by atoms with Gasteiger partial charge in [-0.3, -0.25) is 10.1 Å². The Morgan fingerprint density at radius 3 is 2.69 bits per heavy atom. The van der Waals surface area contributed by atoms with Crippen LogP contribution >= 0.6 is 22.9 Å². The van der Waals surface area contributed by atoms with Crippen molar-refractivity contribution in [2.45, 2.75) is 20.8 Å². The predicted octanol–water partition coefficient (Wildman–Crippen LogP) is 5.41. The molecule has 4 nitrogen and oxygen atoms in total. The lowest BCUT2D eigenvalue weighted by Gasteiger charge is -2.08. The molecule has 6 heteroatoms. The maximum atomic E-state index is 12.1. The fourth-order valence-corrected chi connectivity index (χ4v) is 3.39. The van der Waals surface area contributed by atoms with E-state index in [1.165, 1.54) is 16.9 Å². The van der Waals surface area contributed by atoms with Gasteiger partial charge in [0.15, 0.2) is 11.7 Å². The predicted molar refractivity (Wildman–Crippen MR) is 107 cm³/mol. The van der Waals surface area contributed by atoms with Crippen LogP contribution in [0, 0.1) is 20.8 Å². The van der Waals surface area contributed by atoms with Crippen molar-refractivity contribution < 1.29 is 9.53 Å². The molecule has 0 aliphatic rings. The molecule has 3 aromatic rings. The molecule has 0 fully saturated rings. The van der Waals surface area contributed by atoms with Gasteiger partial charge in [0, 0.05) is 10.9 Å². The minimum absolute atomic E-state index is 0.123. The first-order valence-electron chi connectivity index (χ1n) is 8.14. The standard InChI is InChI=1S/C20H19ClN2O2S/c1-12-4-6-14(3)15(8-12)17-11-26-20(22-17)23-19(24)10-25-18-9-13(2)5-7-16(18)21/h4-9,11H,10H2,1-3H3,(H,22,23,24). The summed E-state index contributed by atoms with van der Waals surface area (Å²) in [5, 5.41) is 5.74. The second kappa shape index (κ2) is 7.89. The highest BCUT2D eigenvalue weighted by Gasteiger charge is 2.11. The molecule has 26 heavy (non-hydrogen) atoms. The summed E-state index contributed by atoms with van der Waals surface area (Å²) < 4.78 is 5.51. The summed E-state index contributed by atoms with van der Waals surface area (Å²) in [7, 11) is 0. The monoisotopic (exact) mass is 386 g/mol. The molecule has 134 valence electrons. The minimum atomic E-state index is -0.274. The van der Waals surface area contributed by atoms with E-state index < -0.39 is 0 Å². The summed E-state index contributed by atoms with van der Waals surface area (Å²) in [4.78, 5) is 16.7. The third kappa shape index (κ3) is 4.42. The molecule has 0 saturated carbocycles. The number of aryl methyl sites for hydroxylation is 3. The van der Waals surface area contributed by atoms with Crippen molar-refractivity contribution in [1.29, 1.82) is 0 Å². The first kappa shape index (κ1) is 18.4. The van der Waals surface area contributed by atoms with Crippen LogP contribution in [-0.2, 0) is 4.79 Å². The number of aromatic nitrogens is 1. The normalized spacial score (nSPS) is 10.6. The van der Waals surface area contributed by atoms with Crippen molar-refractivity contribution >= 4 is 34.0 Å². The van der Waals surface area contributed by atoms with Crippen molar-refractivity contribution in [3.63, 3.8) is 0 Å². The molecule has 1 heterocycles. The molecule has 3 rings (SSSR count). The molecular weight excluding hydrogens is 368 g/mol. The number of rotatable bonds is 5. The van der Waals surface area contributed by atoms with E-state index in [4.69, 9.17) is 16.3 Å². The Hall–Kier alpha value is -2.37. The molecular formula is C20H19ClN2O2S. The number of nitrogens with zero attached hydrogens (tertiary/aromatic N) is 1. The van der Waals surface area contributed by atoms with Crippen LogP contribution in [0.5, 0.6) is 5.75 Å². The van der Waals surface area contributed by atoms with E-state index in [1.807, 2.05) is 32.2 Å². The molecule has 0 unspecified atom stereocenters. The number of halogens is 1. The Morgan fingerprint density at radius 1 is 1.15 bits per heavy atom. The van der Waals surface area contributed by atoms with Gasteiger partial charge in [0.2, 0.25) is 0 Å². The number of hydrogen-bond acceptors (Lipinski definition) is 4. The molecule has 0 aliphatic heterocycles. The number of anilines is 1. The van der Waals surface area contributed by atoms with E-state index in [9.17, 15) is 4.79 Å². The van der Waals surface area contributed by atoms with E-state index >= 15 is 0 Å². The van der Waals surface area contributed by atoms with Gasteiger partial charge in [0.25, 0.3) is 5.91 Å². The van der Waals surface area contributed by atoms with Gasteiger partial charge < -0.3 is 4.74 Å². The number of benzene rings is 2. The molecule has 0 bridgehead atoms. The highest BCUT2D eigenvalue weighted by molar-refractivity contribution is 7.14. The third-order valence-corrected chi connectivity index (χ3v) is 4.94. The Balaban J connectivity index is 1.64. The number of nitrogens with one attached hydrogen (secondary N) is 1. The molecule has 1 amide bonds. The van der Waals surface area contributed by atoms with Crippen molar-refractivity contribution in [1.82, 2.24) is 4.98 Å². The zero-order chi connectivity index (χ0) is 18.7. The number of amides is 1. The zero-order valence-corrected chi connectivity index (χ0v) is 16.4. The Kier molecular flexibility index (Phi) is 5.59. The van der Waals surface area contributed by atoms with Gasteiger partial charge in [-0.05, 0) is 50.1 Å². The van der Waals surface area contributed by atoms with Gasteiger partial charge in [-0.25, -0.2) is 4.98 Å². The van der Waals surface area contributed by atoms with Crippen molar-refractivity contribution in [3.8, 4) is 17.0 Å². The van der Waals surface area contributed by atoms with E-state index in [-0.39, 0.29) is 12.5 Å². The topological polar surface area (TPSA) is 51.2 Å². The van der Waals surface area contributed by atoms with Crippen LogP contribution in [0.25, 0.3) is 11.3 Å².